The minimum absolute atomic E-state index is 0.202. The van der Waals surface area contributed by atoms with E-state index in [9.17, 15) is 0 Å². The average molecular weight is 1610 g/mol. The van der Waals surface area contributed by atoms with Gasteiger partial charge in [-0.05, 0) is 325 Å². The standard InChI is InChI=1S/C25H27N.C24H23N.C23H21N.C22H19NO.C21H19NO2/c1-24(2)18-25(3,4)23-17-21(15-16-22(23)24)26(19-11-7-5-8-12-19)20-13-9-6-10-14-20;1-3-7-20(8-4-1)25(21-9-5-2-6-10-21)22-15-16-23-18-11-13-19(14-12-18)24(23)17-22;1-3-7-19(8-4-1)24(20-9-5-2-6-10-20)21-13-14-22-17-11-12-18(15-17)23(22)16-21;1-3-7-16(8-4-1)23(17-9-5-2-6-10-17)18-11-12-19-20(15-18)22-14-13-21(19)24-22;1-21(2)23-19-14-13-18(15-20(19)24-21)22(16-9-5-3-6-10-16)17-11-7-4-8-12-17/h5-17H,18H2,1-4H3;1-10,15-19H,11-14H2;1-10,13-14,16-18H,11-12,15H2;1-12,15,21-22H,13-14H2;3-15H,1-2H3. The predicted molar refractivity (Wildman–Crippen MR) is 511 cm³/mol. The molecule has 6 bridgehead atoms. The lowest BCUT2D eigenvalue weighted by molar-refractivity contribution is -0.0431. The first-order valence-corrected chi connectivity index (χ1v) is 44.5. The fourth-order valence-corrected chi connectivity index (χ4v) is 21.0. The van der Waals surface area contributed by atoms with Crippen LogP contribution in [0.2, 0.25) is 0 Å². The third-order valence-corrected chi connectivity index (χ3v) is 26.3. The monoisotopic (exact) mass is 1610 g/mol. The minimum Gasteiger partial charge on any atom is -0.449 e. The largest absolute Gasteiger partial charge is 0.449 e. The number of rotatable bonds is 15. The molecule has 0 spiro atoms. The van der Waals surface area contributed by atoms with Crippen molar-refractivity contribution in [3.05, 3.63) is 439 Å². The number of fused-ring (bicyclic) bond motifs is 14. The maximum atomic E-state index is 6.07. The molecule has 8 nitrogen and oxygen atoms in total. The molecule has 4 atom stereocenters. The van der Waals surface area contributed by atoms with Gasteiger partial charge in [0.2, 0.25) is 5.79 Å². The highest BCUT2D eigenvalue weighted by molar-refractivity contribution is 5.83. The molecule has 1 saturated heterocycles. The van der Waals surface area contributed by atoms with Crippen LogP contribution in [-0.4, -0.2) is 5.79 Å². The molecule has 0 radical (unpaired) electrons. The molecule has 3 heterocycles. The highest BCUT2D eigenvalue weighted by Gasteiger charge is 2.43. The van der Waals surface area contributed by atoms with Crippen LogP contribution in [0.25, 0.3) is 0 Å². The fraction of sp³-hybridized carbons (Fsp3) is 0.217. The molecule has 123 heavy (non-hydrogen) atoms. The van der Waals surface area contributed by atoms with Gasteiger partial charge in [0, 0.05) is 99.5 Å². The summed E-state index contributed by atoms with van der Waals surface area (Å²) in [5, 5.41) is 0. The molecule has 0 N–H and O–H groups in total. The van der Waals surface area contributed by atoms with Crippen molar-refractivity contribution in [1.82, 2.24) is 0 Å². The van der Waals surface area contributed by atoms with E-state index in [1.807, 2.05) is 62.4 Å². The van der Waals surface area contributed by atoms with Gasteiger partial charge in [-0.25, -0.2) is 0 Å². The quantitative estimate of drug-likeness (QED) is 0.101. The molecule has 15 aromatic carbocycles. The minimum atomic E-state index is -0.620. The van der Waals surface area contributed by atoms with Crippen LogP contribution in [0.1, 0.15) is 186 Å². The second-order valence-electron chi connectivity index (χ2n) is 35.8. The third kappa shape index (κ3) is 16.8. The summed E-state index contributed by atoms with van der Waals surface area (Å²) in [6.07, 6.45) is 13.8. The number of ether oxygens (including phenoxy) is 3. The van der Waals surface area contributed by atoms with Gasteiger partial charge in [-0.1, -0.05) is 234 Å². The topological polar surface area (TPSA) is 43.9 Å². The summed E-state index contributed by atoms with van der Waals surface area (Å²) in [7, 11) is 0. The zero-order chi connectivity index (χ0) is 83.4. The number of nitrogens with zero attached hydrogens (tertiary/aromatic N) is 5. The molecule has 15 aromatic rings. The highest BCUT2D eigenvalue weighted by atomic mass is 16.7. The maximum absolute atomic E-state index is 6.07. The van der Waals surface area contributed by atoms with Gasteiger partial charge >= 0.3 is 0 Å². The van der Waals surface area contributed by atoms with Crippen molar-refractivity contribution < 1.29 is 14.2 Å². The summed E-state index contributed by atoms with van der Waals surface area (Å²) in [4.78, 5) is 11.6. The first-order chi connectivity index (χ1) is 60.2. The van der Waals surface area contributed by atoms with Crippen LogP contribution in [0.5, 0.6) is 11.5 Å². The first-order valence-electron chi connectivity index (χ1n) is 44.5. The van der Waals surface area contributed by atoms with Gasteiger partial charge in [-0.2, -0.15) is 0 Å². The maximum Gasteiger partial charge on any atom is 0.246 e. The number of benzene rings is 15. The molecule has 9 aliphatic rings. The zero-order valence-corrected chi connectivity index (χ0v) is 71.5. The molecule has 6 aliphatic carbocycles. The van der Waals surface area contributed by atoms with Gasteiger partial charge in [0.25, 0.3) is 0 Å². The summed E-state index contributed by atoms with van der Waals surface area (Å²) in [6, 6.07) is 140. The lowest BCUT2D eigenvalue weighted by Gasteiger charge is -2.39. The Morgan fingerprint density at radius 1 is 0.211 bits per heavy atom. The van der Waals surface area contributed by atoms with E-state index in [1.165, 1.54) is 142 Å². The Hall–Kier alpha value is -13.1. The Labute approximate surface area is 727 Å². The Balaban J connectivity index is 0.000000101. The lowest BCUT2D eigenvalue weighted by atomic mass is 9.67. The molecule has 0 amide bonds. The van der Waals surface area contributed by atoms with Crippen LogP contribution < -0.4 is 34.0 Å². The molecule has 8 heteroatoms. The molecule has 2 saturated carbocycles. The summed E-state index contributed by atoms with van der Waals surface area (Å²) < 4.78 is 17.8. The van der Waals surface area contributed by atoms with Crippen LogP contribution in [0.3, 0.4) is 0 Å². The second kappa shape index (κ2) is 34.8. The van der Waals surface area contributed by atoms with Crippen LogP contribution in [0, 0.1) is 0 Å². The molecule has 3 fully saturated rings. The number of hydrogen-bond donors (Lipinski definition) is 0. The van der Waals surface area contributed by atoms with Crippen molar-refractivity contribution in [3.8, 4) is 11.5 Å². The lowest BCUT2D eigenvalue weighted by Crippen LogP contribution is -2.29. The summed E-state index contributed by atoms with van der Waals surface area (Å²) >= 11 is 0. The van der Waals surface area contributed by atoms with Crippen molar-refractivity contribution >= 4 is 85.3 Å². The van der Waals surface area contributed by atoms with E-state index < -0.39 is 5.79 Å². The summed E-state index contributed by atoms with van der Waals surface area (Å²) in [6.45, 7) is 13.3. The first kappa shape index (κ1) is 79.6. The van der Waals surface area contributed by atoms with Crippen molar-refractivity contribution in [2.24, 2.45) is 0 Å². The normalized spacial score (nSPS) is 18.8. The Bertz CT molecular complexity index is 5730. The average Bonchev–Trinajstić information content (AvgIpc) is 1.62. The van der Waals surface area contributed by atoms with E-state index in [1.54, 1.807) is 22.3 Å². The van der Waals surface area contributed by atoms with Crippen molar-refractivity contribution in [3.63, 3.8) is 0 Å². The smallest absolute Gasteiger partial charge is 0.246 e. The molecule has 24 rings (SSSR count). The molecular weight excluding hydrogens is 1500 g/mol. The van der Waals surface area contributed by atoms with Gasteiger partial charge in [0.05, 0.1) is 17.9 Å². The van der Waals surface area contributed by atoms with Crippen LogP contribution in [0.15, 0.2) is 394 Å². The number of para-hydroxylation sites is 10. The molecular formula is C115H109N5O3. The van der Waals surface area contributed by atoms with E-state index in [0.717, 1.165) is 65.1 Å². The summed E-state index contributed by atoms with van der Waals surface area (Å²) in [5.41, 5.74) is 30.4. The fourth-order valence-electron chi connectivity index (χ4n) is 21.0. The highest BCUT2D eigenvalue weighted by Crippen LogP contribution is 2.57. The van der Waals surface area contributed by atoms with E-state index >= 15 is 0 Å². The van der Waals surface area contributed by atoms with Gasteiger partial charge < -0.3 is 38.7 Å². The van der Waals surface area contributed by atoms with Crippen molar-refractivity contribution in [2.75, 3.05) is 24.5 Å². The molecule has 0 aromatic heterocycles. The zero-order valence-electron chi connectivity index (χ0n) is 71.5. The Morgan fingerprint density at radius 3 is 0.846 bits per heavy atom. The van der Waals surface area contributed by atoms with E-state index in [0.29, 0.717) is 12.2 Å². The SMILES string of the molecule is CC1(C)CC(C)(C)c2cc(N(c3ccccc3)c3ccccc3)ccc21.CC1(C)Oc2ccc(N(c3ccccc3)c3ccccc3)cc2O1.c1ccc(N(c2ccccc2)c2ccc3c(c2)C2CCC3C2)cc1.c1ccc(N(c2ccccc2)c2ccc3c(c2)C2CCC3CC2)cc1.c1ccc(N(c2ccccc2)c2ccc3c(c2)C2CCC3O2)cc1. The van der Waals surface area contributed by atoms with Gasteiger partial charge in [-0.15, -0.1) is 0 Å². The number of anilines is 15. The van der Waals surface area contributed by atoms with Gasteiger partial charge in [-0.3, -0.25) is 0 Å². The Kier molecular flexibility index (Phi) is 22.5. The van der Waals surface area contributed by atoms with Gasteiger partial charge in [0.1, 0.15) is 0 Å². The predicted octanol–water partition coefficient (Wildman–Crippen LogP) is 32.3. The van der Waals surface area contributed by atoms with Crippen LogP contribution >= 0.6 is 0 Å². The van der Waals surface area contributed by atoms with Gasteiger partial charge in [0.15, 0.2) is 11.5 Å². The van der Waals surface area contributed by atoms with Crippen LogP contribution in [0.4, 0.5) is 85.3 Å². The Morgan fingerprint density at radius 2 is 0.472 bits per heavy atom. The van der Waals surface area contributed by atoms with Crippen molar-refractivity contribution in [1.29, 1.82) is 0 Å². The van der Waals surface area contributed by atoms with E-state index in [-0.39, 0.29) is 10.8 Å². The van der Waals surface area contributed by atoms with Crippen molar-refractivity contribution in [2.45, 2.75) is 158 Å². The summed E-state index contributed by atoms with van der Waals surface area (Å²) in [5.74, 6) is 4.12. The van der Waals surface area contributed by atoms with E-state index in [2.05, 4.69) is 398 Å². The second-order valence-corrected chi connectivity index (χ2v) is 35.8. The molecule has 3 aliphatic heterocycles. The van der Waals surface area contributed by atoms with E-state index in [4.69, 9.17) is 14.2 Å². The molecule has 4 unspecified atom stereocenters. The number of hydrogen-bond acceptors (Lipinski definition) is 8. The molecule has 612 valence electrons. The van der Waals surface area contributed by atoms with Crippen LogP contribution in [-0.2, 0) is 15.6 Å². The third-order valence-electron chi connectivity index (χ3n) is 26.3.